The number of halogens is 2. The van der Waals surface area contributed by atoms with Crippen LogP contribution in [0.25, 0.3) is 21.6 Å². The fourth-order valence-corrected chi connectivity index (χ4v) is 3.17. The molecule has 0 N–H and O–H groups in total. The molecule has 96 valence electrons. The van der Waals surface area contributed by atoms with Crippen LogP contribution in [-0.4, -0.2) is 9.97 Å². The van der Waals surface area contributed by atoms with Crippen LogP contribution in [-0.2, 0) is 0 Å². The molecular weight excluding hydrogens is 283 g/mol. The van der Waals surface area contributed by atoms with Crippen LogP contribution in [0.2, 0.25) is 5.15 Å². The molecule has 3 aromatic rings. The third kappa shape index (κ3) is 2.22. The molecule has 2 aromatic heterocycles. The highest BCUT2D eigenvalue weighted by molar-refractivity contribution is 7.18. The molecule has 0 radical (unpaired) electrons. The van der Waals surface area contributed by atoms with E-state index in [1.54, 1.807) is 17.4 Å². The fraction of sp³-hybridized carbons (Fsp3) is 0.143. The molecule has 0 saturated carbocycles. The Bertz CT molecular complexity index is 782. The lowest BCUT2D eigenvalue weighted by Gasteiger charge is -2.05. The first-order valence-corrected chi connectivity index (χ1v) is 6.94. The average molecular weight is 293 g/mol. The summed E-state index contributed by atoms with van der Waals surface area (Å²) in [5.41, 5.74) is 1.60. The summed E-state index contributed by atoms with van der Waals surface area (Å²) in [6.45, 7) is 3.84. The van der Waals surface area contributed by atoms with Crippen molar-refractivity contribution in [3.05, 3.63) is 45.7 Å². The van der Waals surface area contributed by atoms with Crippen LogP contribution in [0.3, 0.4) is 0 Å². The molecule has 0 aliphatic heterocycles. The van der Waals surface area contributed by atoms with Crippen LogP contribution < -0.4 is 0 Å². The zero-order chi connectivity index (χ0) is 13.6. The summed E-state index contributed by atoms with van der Waals surface area (Å²) in [4.78, 5) is 10.8. The number of hydrogen-bond donors (Lipinski definition) is 0. The first kappa shape index (κ1) is 12.5. The Morgan fingerprint density at radius 1 is 1.16 bits per heavy atom. The Kier molecular flexibility index (Phi) is 2.99. The summed E-state index contributed by atoms with van der Waals surface area (Å²) in [7, 11) is 0. The molecular formula is C14H10ClFN2S. The lowest BCUT2D eigenvalue weighted by Crippen LogP contribution is -1.92. The number of rotatable bonds is 1. The molecule has 0 fully saturated rings. The van der Waals surface area contributed by atoms with E-state index in [1.165, 1.54) is 12.1 Å². The van der Waals surface area contributed by atoms with Gasteiger partial charge in [-0.3, -0.25) is 0 Å². The first-order chi connectivity index (χ1) is 9.04. The van der Waals surface area contributed by atoms with E-state index < -0.39 is 0 Å². The number of aryl methyl sites for hydroxylation is 2. The molecule has 0 aliphatic carbocycles. The second-order valence-electron chi connectivity index (χ2n) is 4.37. The van der Waals surface area contributed by atoms with E-state index in [4.69, 9.17) is 11.6 Å². The van der Waals surface area contributed by atoms with Gasteiger partial charge in [0.15, 0.2) is 5.82 Å². The number of aromatic nitrogens is 2. The Balaban J connectivity index is 2.25. The van der Waals surface area contributed by atoms with Crippen molar-refractivity contribution >= 4 is 33.2 Å². The summed E-state index contributed by atoms with van der Waals surface area (Å²) < 4.78 is 13.1. The van der Waals surface area contributed by atoms with Gasteiger partial charge in [-0.2, -0.15) is 0 Å². The van der Waals surface area contributed by atoms with E-state index in [1.807, 2.05) is 19.9 Å². The zero-order valence-corrected chi connectivity index (χ0v) is 11.9. The summed E-state index contributed by atoms with van der Waals surface area (Å²) in [5.74, 6) is 0.275. The SMILES string of the molecule is Cc1cc2c(Cl)nc(-c3ccc(F)cc3C)nc2s1. The molecule has 1 aromatic carbocycles. The fourth-order valence-electron chi connectivity index (χ4n) is 2.01. The van der Waals surface area contributed by atoms with Gasteiger partial charge in [0.2, 0.25) is 0 Å². The molecule has 0 spiro atoms. The maximum atomic E-state index is 13.1. The largest absolute Gasteiger partial charge is 0.217 e. The van der Waals surface area contributed by atoms with Gasteiger partial charge in [0.1, 0.15) is 15.8 Å². The van der Waals surface area contributed by atoms with Crippen LogP contribution in [0, 0.1) is 19.7 Å². The molecule has 0 atom stereocenters. The maximum Gasteiger partial charge on any atom is 0.162 e. The zero-order valence-electron chi connectivity index (χ0n) is 10.4. The van der Waals surface area contributed by atoms with E-state index in [2.05, 4.69) is 9.97 Å². The average Bonchev–Trinajstić information content (AvgIpc) is 2.70. The minimum atomic E-state index is -0.264. The topological polar surface area (TPSA) is 25.8 Å². The van der Waals surface area contributed by atoms with E-state index in [0.29, 0.717) is 11.0 Å². The third-order valence-corrected chi connectivity index (χ3v) is 4.13. The van der Waals surface area contributed by atoms with Crippen molar-refractivity contribution in [1.82, 2.24) is 9.97 Å². The predicted octanol–water partition coefficient (Wildman–Crippen LogP) is 4.77. The number of hydrogen-bond acceptors (Lipinski definition) is 3. The molecule has 19 heavy (non-hydrogen) atoms. The van der Waals surface area contributed by atoms with Crippen molar-refractivity contribution in [2.24, 2.45) is 0 Å². The van der Waals surface area contributed by atoms with E-state index in [-0.39, 0.29) is 5.82 Å². The Morgan fingerprint density at radius 2 is 1.95 bits per heavy atom. The second kappa shape index (κ2) is 4.54. The number of nitrogens with zero attached hydrogens (tertiary/aromatic N) is 2. The molecule has 0 unspecified atom stereocenters. The highest BCUT2D eigenvalue weighted by Gasteiger charge is 2.12. The highest BCUT2D eigenvalue weighted by Crippen LogP contribution is 2.31. The van der Waals surface area contributed by atoms with E-state index >= 15 is 0 Å². The first-order valence-electron chi connectivity index (χ1n) is 5.75. The molecule has 0 amide bonds. The normalized spacial score (nSPS) is 11.2. The number of thiophene rings is 1. The van der Waals surface area contributed by atoms with Crippen molar-refractivity contribution in [3.8, 4) is 11.4 Å². The lowest BCUT2D eigenvalue weighted by atomic mass is 10.1. The van der Waals surface area contributed by atoms with Gasteiger partial charge < -0.3 is 0 Å². The summed E-state index contributed by atoms with van der Waals surface area (Å²) in [6.07, 6.45) is 0. The van der Waals surface area contributed by atoms with Crippen LogP contribution in [0.5, 0.6) is 0 Å². The molecule has 0 aliphatic rings. The van der Waals surface area contributed by atoms with Gasteiger partial charge in [-0.15, -0.1) is 11.3 Å². The minimum Gasteiger partial charge on any atom is -0.217 e. The maximum absolute atomic E-state index is 13.1. The third-order valence-electron chi connectivity index (χ3n) is 2.90. The van der Waals surface area contributed by atoms with Gasteiger partial charge in [-0.05, 0) is 43.7 Å². The van der Waals surface area contributed by atoms with Gasteiger partial charge in [0, 0.05) is 15.8 Å². The number of fused-ring (bicyclic) bond motifs is 1. The second-order valence-corrected chi connectivity index (χ2v) is 5.97. The summed E-state index contributed by atoms with van der Waals surface area (Å²) in [5, 5.41) is 1.31. The van der Waals surface area contributed by atoms with Gasteiger partial charge >= 0.3 is 0 Å². The van der Waals surface area contributed by atoms with Crippen molar-refractivity contribution in [2.45, 2.75) is 13.8 Å². The van der Waals surface area contributed by atoms with Crippen LogP contribution in [0.4, 0.5) is 4.39 Å². The molecule has 2 heterocycles. The van der Waals surface area contributed by atoms with Gasteiger partial charge in [0.25, 0.3) is 0 Å². The lowest BCUT2D eigenvalue weighted by molar-refractivity contribution is 0.627. The van der Waals surface area contributed by atoms with Gasteiger partial charge in [0.05, 0.1) is 0 Å². The van der Waals surface area contributed by atoms with E-state index in [0.717, 1.165) is 26.2 Å². The Morgan fingerprint density at radius 3 is 2.68 bits per heavy atom. The van der Waals surface area contributed by atoms with Gasteiger partial charge in [-0.25, -0.2) is 14.4 Å². The van der Waals surface area contributed by atoms with Crippen LogP contribution in [0.15, 0.2) is 24.3 Å². The Labute approximate surface area is 118 Å². The molecule has 3 rings (SSSR count). The highest BCUT2D eigenvalue weighted by atomic mass is 35.5. The van der Waals surface area contributed by atoms with Crippen LogP contribution >= 0.6 is 22.9 Å². The Hall–Kier alpha value is -1.52. The minimum absolute atomic E-state index is 0.264. The van der Waals surface area contributed by atoms with Crippen molar-refractivity contribution in [2.75, 3.05) is 0 Å². The molecule has 5 heteroatoms. The van der Waals surface area contributed by atoms with Crippen molar-refractivity contribution in [3.63, 3.8) is 0 Å². The quantitative estimate of drug-likeness (QED) is 0.604. The van der Waals surface area contributed by atoms with Crippen molar-refractivity contribution in [1.29, 1.82) is 0 Å². The standard InChI is InChI=1S/C14H10ClFN2S/c1-7-5-9(16)3-4-10(7)13-17-12(15)11-6-8(2)19-14(11)18-13/h3-6H,1-2H3. The monoisotopic (exact) mass is 292 g/mol. The van der Waals surface area contributed by atoms with E-state index in [9.17, 15) is 4.39 Å². The smallest absolute Gasteiger partial charge is 0.162 e. The summed E-state index contributed by atoms with van der Waals surface area (Å²) >= 11 is 7.77. The molecule has 0 bridgehead atoms. The van der Waals surface area contributed by atoms with Crippen molar-refractivity contribution < 1.29 is 4.39 Å². The number of benzene rings is 1. The predicted molar refractivity (Wildman–Crippen MR) is 77.3 cm³/mol. The van der Waals surface area contributed by atoms with Crippen LogP contribution in [0.1, 0.15) is 10.4 Å². The molecule has 0 saturated heterocycles. The molecule has 2 nitrogen and oxygen atoms in total. The summed E-state index contributed by atoms with van der Waals surface area (Å²) in [6, 6.07) is 6.53. The van der Waals surface area contributed by atoms with Gasteiger partial charge in [-0.1, -0.05) is 11.6 Å².